The van der Waals surface area contributed by atoms with Crippen molar-refractivity contribution in [3.63, 3.8) is 0 Å². The molecule has 98 valence electrons. The first-order chi connectivity index (χ1) is 8.47. The highest BCUT2D eigenvalue weighted by Gasteiger charge is 2.07. The van der Waals surface area contributed by atoms with Gasteiger partial charge in [0, 0.05) is 19.8 Å². The molecule has 18 heavy (non-hydrogen) atoms. The second kappa shape index (κ2) is 4.91. The molecule has 0 aliphatic heterocycles. The third kappa shape index (κ3) is 2.96. The highest BCUT2D eigenvalue weighted by Crippen LogP contribution is 2.18. The van der Waals surface area contributed by atoms with Gasteiger partial charge in [0.05, 0.1) is 17.6 Å². The van der Waals surface area contributed by atoms with Crippen LogP contribution in [0.4, 0.5) is 5.82 Å². The predicted octanol–water partition coefficient (Wildman–Crippen LogP) is 0.0588. The zero-order valence-corrected chi connectivity index (χ0v) is 10.8. The minimum atomic E-state index is -3.40. The molecule has 0 saturated heterocycles. The molecular weight excluding hydrogens is 254 g/mol. The number of rotatable bonds is 5. The molecule has 2 heterocycles. The zero-order chi connectivity index (χ0) is 13.2. The first-order valence-corrected chi connectivity index (χ1v) is 7.19. The summed E-state index contributed by atoms with van der Waals surface area (Å²) in [5.41, 5.74) is 1.74. The molecule has 0 unspecified atom stereocenters. The van der Waals surface area contributed by atoms with Crippen LogP contribution in [-0.4, -0.2) is 35.3 Å². The van der Waals surface area contributed by atoms with Gasteiger partial charge in [-0.25, -0.2) is 23.5 Å². The number of aromatic nitrogens is 3. The topological polar surface area (TPSA) is 103 Å². The van der Waals surface area contributed by atoms with E-state index in [0.717, 1.165) is 11.0 Å². The van der Waals surface area contributed by atoms with Gasteiger partial charge in [0.25, 0.3) is 0 Å². The van der Waals surface area contributed by atoms with E-state index in [4.69, 9.17) is 5.14 Å². The van der Waals surface area contributed by atoms with E-state index in [1.165, 1.54) is 0 Å². The van der Waals surface area contributed by atoms with Crippen LogP contribution in [0.5, 0.6) is 0 Å². The first kappa shape index (κ1) is 12.8. The number of aryl methyl sites for hydroxylation is 1. The van der Waals surface area contributed by atoms with Crippen LogP contribution in [0.3, 0.4) is 0 Å². The third-order valence-corrected chi connectivity index (χ3v) is 3.40. The maximum absolute atomic E-state index is 10.8. The molecular formula is C10H15N5O2S. The van der Waals surface area contributed by atoms with E-state index in [1.807, 2.05) is 17.7 Å². The Morgan fingerprint density at radius 2 is 2.22 bits per heavy atom. The standard InChI is InChI=1S/C10H15N5O2S/c1-15-7-14-9-8(15)3-5-13-10(9)12-4-2-6-18(11,16)17/h3,5,7H,2,4,6H2,1H3,(H,12,13)(H2,11,16,17). The van der Waals surface area contributed by atoms with Crippen molar-refractivity contribution < 1.29 is 8.42 Å². The monoisotopic (exact) mass is 269 g/mol. The van der Waals surface area contributed by atoms with Gasteiger partial charge in [-0.15, -0.1) is 0 Å². The van der Waals surface area contributed by atoms with E-state index in [0.29, 0.717) is 18.8 Å². The lowest BCUT2D eigenvalue weighted by Crippen LogP contribution is -2.18. The number of fused-ring (bicyclic) bond motifs is 1. The fourth-order valence-electron chi connectivity index (χ4n) is 1.67. The van der Waals surface area contributed by atoms with Gasteiger partial charge in [-0.1, -0.05) is 0 Å². The second-order valence-electron chi connectivity index (χ2n) is 4.03. The Morgan fingerprint density at radius 1 is 1.44 bits per heavy atom. The average Bonchev–Trinajstić information content (AvgIpc) is 2.67. The van der Waals surface area contributed by atoms with Gasteiger partial charge in [0.1, 0.15) is 5.52 Å². The quantitative estimate of drug-likeness (QED) is 0.747. The first-order valence-electron chi connectivity index (χ1n) is 5.48. The van der Waals surface area contributed by atoms with Crippen molar-refractivity contribution in [3.05, 3.63) is 18.6 Å². The van der Waals surface area contributed by atoms with Crippen LogP contribution in [-0.2, 0) is 17.1 Å². The number of primary sulfonamides is 1. The summed E-state index contributed by atoms with van der Waals surface area (Å²) in [5.74, 6) is 0.612. The van der Waals surface area contributed by atoms with Crippen molar-refractivity contribution in [2.24, 2.45) is 12.2 Å². The lowest BCUT2D eigenvalue weighted by Gasteiger charge is -2.05. The van der Waals surface area contributed by atoms with E-state index in [9.17, 15) is 8.42 Å². The van der Waals surface area contributed by atoms with Crippen molar-refractivity contribution in [2.75, 3.05) is 17.6 Å². The highest BCUT2D eigenvalue weighted by atomic mass is 32.2. The van der Waals surface area contributed by atoms with E-state index < -0.39 is 10.0 Å². The molecule has 7 nitrogen and oxygen atoms in total. The minimum absolute atomic E-state index is 0.0435. The van der Waals surface area contributed by atoms with Crippen molar-refractivity contribution in [1.29, 1.82) is 0 Å². The third-order valence-electron chi connectivity index (χ3n) is 2.54. The molecule has 0 saturated carbocycles. The zero-order valence-electron chi connectivity index (χ0n) is 10.00. The number of imidazole rings is 1. The van der Waals surface area contributed by atoms with Gasteiger partial charge >= 0.3 is 0 Å². The average molecular weight is 269 g/mol. The number of nitrogens with zero attached hydrogens (tertiary/aromatic N) is 3. The molecule has 0 aliphatic rings. The van der Waals surface area contributed by atoms with Crippen molar-refractivity contribution >= 4 is 26.9 Å². The molecule has 0 aliphatic carbocycles. The Kier molecular flexibility index (Phi) is 3.48. The molecule has 3 N–H and O–H groups in total. The van der Waals surface area contributed by atoms with Gasteiger partial charge in [-0.3, -0.25) is 0 Å². The molecule has 0 radical (unpaired) electrons. The van der Waals surface area contributed by atoms with Gasteiger partial charge < -0.3 is 9.88 Å². The normalized spacial score (nSPS) is 11.9. The summed E-state index contributed by atoms with van der Waals surface area (Å²) >= 11 is 0. The lowest BCUT2D eigenvalue weighted by molar-refractivity contribution is 0.596. The van der Waals surface area contributed by atoms with Crippen molar-refractivity contribution in [3.8, 4) is 0 Å². The molecule has 2 aromatic heterocycles. The molecule has 0 aromatic carbocycles. The summed E-state index contributed by atoms with van der Waals surface area (Å²) in [5, 5.41) is 7.99. The second-order valence-corrected chi connectivity index (χ2v) is 5.76. The van der Waals surface area contributed by atoms with Crippen LogP contribution in [0.25, 0.3) is 11.0 Å². The van der Waals surface area contributed by atoms with Crippen LogP contribution >= 0.6 is 0 Å². The minimum Gasteiger partial charge on any atom is -0.368 e. The van der Waals surface area contributed by atoms with Gasteiger partial charge in [0.15, 0.2) is 5.82 Å². The predicted molar refractivity (Wildman–Crippen MR) is 69.6 cm³/mol. The summed E-state index contributed by atoms with van der Waals surface area (Å²) in [6.07, 6.45) is 3.83. The van der Waals surface area contributed by atoms with Crippen LogP contribution in [0, 0.1) is 0 Å². The Balaban J connectivity index is 2.04. The Labute approximate surface area is 105 Å². The van der Waals surface area contributed by atoms with Crippen LogP contribution in [0.1, 0.15) is 6.42 Å². The van der Waals surface area contributed by atoms with Crippen LogP contribution in [0.2, 0.25) is 0 Å². The van der Waals surface area contributed by atoms with Crippen LogP contribution < -0.4 is 10.5 Å². The highest BCUT2D eigenvalue weighted by molar-refractivity contribution is 7.89. The summed E-state index contributed by atoms with van der Waals surface area (Å²) in [7, 11) is -1.49. The number of nitrogens with two attached hydrogens (primary N) is 1. The molecule has 0 spiro atoms. The summed E-state index contributed by atoms with van der Waals surface area (Å²) in [6, 6.07) is 1.87. The fourth-order valence-corrected chi connectivity index (χ4v) is 2.22. The van der Waals surface area contributed by atoms with E-state index in [-0.39, 0.29) is 5.75 Å². The van der Waals surface area contributed by atoms with Gasteiger partial charge in [0.2, 0.25) is 10.0 Å². The lowest BCUT2D eigenvalue weighted by atomic mass is 10.3. The fraction of sp³-hybridized carbons (Fsp3) is 0.400. The largest absolute Gasteiger partial charge is 0.368 e. The Hall–Kier alpha value is -1.67. The smallest absolute Gasteiger partial charge is 0.209 e. The Morgan fingerprint density at radius 3 is 2.94 bits per heavy atom. The molecule has 0 amide bonds. The number of nitrogens with one attached hydrogen (secondary N) is 1. The van der Waals surface area contributed by atoms with Gasteiger partial charge in [-0.2, -0.15) is 0 Å². The maximum Gasteiger partial charge on any atom is 0.209 e. The summed E-state index contributed by atoms with van der Waals surface area (Å²) < 4.78 is 23.4. The molecule has 2 rings (SSSR count). The molecule has 0 atom stereocenters. The number of hydrogen-bond acceptors (Lipinski definition) is 5. The van der Waals surface area contributed by atoms with Crippen molar-refractivity contribution in [1.82, 2.24) is 14.5 Å². The van der Waals surface area contributed by atoms with Gasteiger partial charge in [-0.05, 0) is 12.5 Å². The van der Waals surface area contributed by atoms with Crippen molar-refractivity contribution in [2.45, 2.75) is 6.42 Å². The number of hydrogen-bond donors (Lipinski definition) is 2. The van der Waals surface area contributed by atoms with E-state index in [1.54, 1.807) is 12.5 Å². The SMILES string of the molecule is Cn1cnc2c(NCCCS(N)(=O)=O)nccc21. The maximum atomic E-state index is 10.8. The summed E-state index contributed by atoms with van der Waals surface area (Å²) in [6.45, 7) is 0.485. The molecule has 0 bridgehead atoms. The van der Waals surface area contributed by atoms with E-state index in [2.05, 4.69) is 15.3 Å². The number of sulfonamides is 1. The summed E-state index contributed by atoms with van der Waals surface area (Å²) in [4.78, 5) is 8.43. The molecule has 8 heteroatoms. The molecule has 2 aromatic rings. The molecule has 0 fully saturated rings. The number of pyridine rings is 1. The van der Waals surface area contributed by atoms with Crippen LogP contribution in [0.15, 0.2) is 18.6 Å². The Bertz CT molecular complexity index is 649. The van der Waals surface area contributed by atoms with E-state index >= 15 is 0 Å². The number of anilines is 1.